The van der Waals surface area contributed by atoms with Crippen LogP contribution in [0.1, 0.15) is 26.2 Å². The summed E-state index contributed by atoms with van der Waals surface area (Å²) in [5.74, 6) is 2.65. The highest BCUT2D eigenvalue weighted by Crippen LogP contribution is 2.23. The zero-order valence-corrected chi connectivity index (χ0v) is 12.2. The molecule has 2 aromatic rings. The van der Waals surface area contributed by atoms with Gasteiger partial charge in [0.15, 0.2) is 0 Å². The molecule has 0 saturated carbocycles. The van der Waals surface area contributed by atoms with Crippen LogP contribution in [0.15, 0.2) is 54.6 Å². The number of carbonyl (C=O) groups excluding carboxylic acids is 1. The fraction of sp³-hybridized carbons (Fsp3) is 0.278. The molecular formula is C18H20O3. The Bertz CT molecular complexity index is 546. The SMILES string of the molecule is CC(=O)CCCCOc1ccc(Oc2ccccc2)cc1. The standard InChI is InChI=1S/C18H20O3/c1-15(19)7-5-6-14-20-16-10-12-18(13-11-16)21-17-8-3-2-4-9-17/h2-4,8-13H,5-7,14H2,1H3. The van der Waals surface area contributed by atoms with Gasteiger partial charge >= 0.3 is 0 Å². The van der Waals surface area contributed by atoms with Crippen molar-refractivity contribution in [1.82, 2.24) is 0 Å². The summed E-state index contributed by atoms with van der Waals surface area (Å²) in [6.07, 6.45) is 2.40. The molecule has 3 heteroatoms. The van der Waals surface area contributed by atoms with Crippen molar-refractivity contribution in [3.63, 3.8) is 0 Å². The molecular weight excluding hydrogens is 264 g/mol. The van der Waals surface area contributed by atoms with Gasteiger partial charge in [0.05, 0.1) is 6.61 Å². The quantitative estimate of drug-likeness (QED) is 0.664. The van der Waals surface area contributed by atoms with Crippen LogP contribution in [0.4, 0.5) is 0 Å². The van der Waals surface area contributed by atoms with Gasteiger partial charge in [-0.05, 0) is 56.2 Å². The largest absolute Gasteiger partial charge is 0.494 e. The van der Waals surface area contributed by atoms with Gasteiger partial charge in [-0.25, -0.2) is 0 Å². The summed E-state index contributed by atoms with van der Waals surface area (Å²) < 4.78 is 11.3. The van der Waals surface area contributed by atoms with Crippen molar-refractivity contribution in [3.8, 4) is 17.2 Å². The molecule has 0 saturated heterocycles. The lowest BCUT2D eigenvalue weighted by molar-refractivity contribution is -0.117. The smallest absolute Gasteiger partial charge is 0.129 e. The van der Waals surface area contributed by atoms with Gasteiger partial charge in [-0.2, -0.15) is 0 Å². The predicted octanol–water partition coefficient (Wildman–Crippen LogP) is 4.62. The Balaban J connectivity index is 1.75. The lowest BCUT2D eigenvalue weighted by atomic mass is 10.2. The Kier molecular flexibility index (Phi) is 5.83. The second-order valence-corrected chi connectivity index (χ2v) is 4.89. The van der Waals surface area contributed by atoms with Crippen LogP contribution in [-0.4, -0.2) is 12.4 Å². The summed E-state index contributed by atoms with van der Waals surface area (Å²) in [5, 5.41) is 0. The molecule has 21 heavy (non-hydrogen) atoms. The molecule has 0 amide bonds. The fourth-order valence-electron chi connectivity index (χ4n) is 1.89. The van der Waals surface area contributed by atoms with E-state index >= 15 is 0 Å². The molecule has 0 bridgehead atoms. The van der Waals surface area contributed by atoms with E-state index in [2.05, 4.69) is 0 Å². The van der Waals surface area contributed by atoms with E-state index in [1.165, 1.54) is 0 Å². The van der Waals surface area contributed by atoms with Crippen LogP contribution in [0.25, 0.3) is 0 Å². The first kappa shape index (κ1) is 15.1. The molecule has 0 aliphatic carbocycles. The highest BCUT2D eigenvalue weighted by atomic mass is 16.5. The molecule has 0 aliphatic heterocycles. The molecule has 0 unspecified atom stereocenters. The lowest BCUT2D eigenvalue weighted by Crippen LogP contribution is -1.99. The molecule has 0 spiro atoms. The van der Waals surface area contributed by atoms with Gasteiger partial charge in [-0.1, -0.05) is 18.2 Å². The second-order valence-electron chi connectivity index (χ2n) is 4.89. The minimum atomic E-state index is 0.234. The van der Waals surface area contributed by atoms with Gasteiger partial charge in [-0.3, -0.25) is 0 Å². The van der Waals surface area contributed by atoms with E-state index in [0.29, 0.717) is 13.0 Å². The number of hydrogen-bond donors (Lipinski definition) is 0. The molecule has 0 N–H and O–H groups in total. The van der Waals surface area contributed by atoms with Crippen LogP contribution in [-0.2, 0) is 4.79 Å². The number of Topliss-reactive ketones (excluding diaryl/α,β-unsaturated/α-hetero) is 1. The van der Waals surface area contributed by atoms with Crippen LogP contribution in [0.3, 0.4) is 0 Å². The molecule has 2 rings (SSSR count). The van der Waals surface area contributed by atoms with Crippen molar-refractivity contribution in [2.24, 2.45) is 0 Å². The Morgan fingerprint density at radius 2 is 1.48 bits per heavy atom. The summed E-state index contributed by atoms with van der Waals surface area (Å²) in [4.78, 5) is 10.8. The maximum Gasteiger partial charge on any atom is 0.129 e. The maximum absolute atomic E-state index is 10.8. The van der Waals surface area contributed by atoms with E-state index in [1.807, 2.05) is 54.6 Å². The van der Waals surface area contributed by atoms with E-state index in [-0.39, 0.29) is 5.78 Å². The van der Waals surface area contributed by atoms with Crippen molar-refractivity contribution in [3.05, 3.63) is 54.6 Å². The molecule has 0 fully saturated rings. The number of ketones is 1. The molecule has 3 nitrogen and oxygen atoms in total. The summed E-state index contributed by atoms with van der Waals surface area (Å²) in [6.45, 7) is 2.25. The van der Waals surface area contributed by atoms with E-state index in [1.54, 1.807) is 6.92 Å². The summed E-state index contributed by atoms with van der Waals surface area (Å²) >= 11 is 0. The zero-order valence-electron chi connectivity index (χ0n) is 12.2. The third-order valence-electron chi connectivity index (χ3n) is 2.99. The molecule has 110 valence electrons. The van der Waals surface area contributed by atoms with Crippen molar-refractivity contribution >= 4 is 5.78 Å². The Morgan fingerprint density at radius 1 is 0.857 bits per heavy atom. The van der Waals surface area contributed by atoms with E-state index in [9.17, 15) is 4.79 Å². The fourth-order valence-corrected chi connectivity index (χ4v) is 1.89. The minimum Gasteiger partial charge on any atom is -0.494 e. The van der Waals surface area contributed by atoms with E-state index in [4.69, 9.17) is 9.47 Å². The van der Waals surface area contributed by atoms with Gasteiger partial charge < -0.3 is 14.3 Å². The normalized spacial score (nSPS) is 10.1. The van der Waals surface area contributed by atoms with E-state index < -0.39 is 0 Å². The summed E-state index contributed by atoms with van der Waals surface area (Å²) in [5.41, 5.74) is 0. The second kappa shape index (κ2) is 8.10. The van der Waals surface area contributed by atoms with Crippen LogP contribution in [0.5, 0.6) is 17.2 Å². The minimum absolute atomic E-state index is 0.234. The van der Waals surface area contributed by atoms with Crippen LogP contribution >= 0.6 is 0 Å². The third kappa shape index (κ3) is 5.69. The van der Waals surface area contributed by atoms with Crippen LogP contribution in [0, 0.1) is 0 Å². The van der Waals surface area contributed by atoms with Crippen molar-refractivity contribution in [2.75, 3.05) is 6.61 Å². The molecule has 0 aromatic heterocycles. The predicted molar refractivity (Wildman–Crippen MR) is 83.0 cm³/mol. The van der Waals surface area contributed by atoms with Crippen LogP contribution < -0.4 is 9.47 Å². The Labute approximate surface area is 125 Å². The van der Waals surface area contributed by atoms with Gasteiger partial charge in [0.25, 0.3) is 0 Å². The van der Waals surface area contributed by atoms with Crippen molar-refractivity contribution in [1.29, 1.82) is 0 Å². The number of rotatable bonds is 8. The first-order valence-corrected chi connectivity index (χ1v) is 7.19. The first-order valence-electron chi connectivity index (χ1n) is 7.19. The van der Waals surface area contributed by atoms with Crippen molar-refractivity contribution in [2.45, 2.75) is 26.2 Å². The molecule has 0 aliphatic rings. The first-order chi connectivity index (χ1) is 10.2. The Hall–Kier alpha value is -2.29. The zero-order chi connectivity index (χ0) is 14.9. The monoisotopic (exact) mass is 284 g/mol. The summed E-state index contributed by atoms with van der Waals surface area (Å²) in [6, 6.07) is 17.2. The maximum atomic E-state index is 10.8. The molecule has 0 atom stereocenters. The average Bonchev–Trinajstić information content (AvgIpc) is 2.49. The molecule has 0 radical (unpaired) electrons. The number of ether oxygens (including phenoxy) is 2. The van der Waals surface area contributed by atoms with Gasteiger partial charge in [-0.15, -0.1) is 0 Å². The molecule has 0 heterocycles. The number of para-hydroxylation sites is 1. The van der Waals surface area contributed by atoms with Crippen LogP contribution in [0.2, 0.25) is 0 Å². The van der Waals surface area contributed by atoms with Gasteiger partial charge in [0, 0.05) is 6.42 Å². The topological polar surface area (TPSA) is 35.5 Å². The number of hydrogen-bond acceptors (Lipinski definition) is 3. The molecule has 2 aromatic carbocycles. The summed E-state index contributed by atoms with van der Waals surface area (Å²) in [7, 11) is 0. The van der Waals surface area contributed by atoms with Crippen molar-refractivity contribution < 1.29 is 14.3 Å². The van der Waals surface area contributed by atoms with Gasteiger partial charge in [0.1, 0.15) is 23.0 Å². The highest BCUT2D eigenvalue weighted by molar-refractivity contribution is 5.75. The third-order valence-corrected chi connectivity index (χ3v) is 2.99. The highest BCUT2D eigenvalue weighted by Gasteiger charge is 1.99. The van der Waals surface area contributed by atoms with E-state index in [0.717, 1.165) is 30.1 Å². The van der Waals surface area contributed by atoms with Gasteiger partial charge in [0.2, 0.25) is 0 Å². The number of benzene rings is 2. The number of carbonyl (C=O) groups is 1. The Morgan fingerprint density at radius 3 is 2.14 bits per heavy atom. The number of unbranched alkanes of at least 4 members (excludes halogenated alkanes) is 1. The average molecular weight is 284 g/mol. The lowest BCUT2D eigenvalue weighted by Gasteiger charge is -2.08.